The molecule has 8 heteroatoms. The van der Waals surface area contributed by atoms with Gasteiger partial charge >= 0.3 is 5.97 Å². The lowest BCUT2D eigenvalue weighted by Gasteiger charge is -2.23. The van der Waals surface area contributed by atoms with Crippen molar-refractivity contribution in [2.45, 2.75) is 5.92 Å². The smallest absolute Gasteiger partial charge is 0.336 e. The van der Waals surface area contributed by atoms with Crippen LogP contribution in [0.3, 0.4) is 0 Å². The van der Waals surface area contributed by atoms with E-state index in [4.69, 9.17) is 0 Å². The van der Waals surface area contributed by atoms with E-state index >= 15 is 0 Å². The summed E-state index contributed by atoms with van der Waals surface area (Å²) in [6.07, 6.45) is 4.67. The van der Waals surface area contributed by atoms with E-state index in [0.29, 0.717) is 11.3 Å². The number of hydrogen-bond acceptors (Lipinski definition) is 5. The molecule has 1 atom stereocenters. The van der Waals surface area contributed by atoms with Gasteiger partial charge in [0.25, 0.3) is 5.69 Å². The topological polar surface area (TPSA) is 111 Å². The number of rotatable bonds is 7. The predicted molar refractivity (Wildman–Crippen MR) is 119 cm³/mol. The van der Waals surface area contributed by atoms with Crippen molar-refractivity contribution < 1.29 is 14.8 Å². The molecule has 0 aliphatic carbocycles. The highest BCUT2D eigenvalue weighted by Gasteiger charge is 2.33. The molecule has 1 aromatic heterocycles. The summed E-state index contributed by atoms with van der Waals surface area (Å²) in [6.45, 7) is 0. The molecular formula is C24H18N4O4. The first-order chi connectivity index (χ1) is 15.6. The normalized spacial score (nSPS) is 12.3. The summed E-state index contributed by atoms with van der Waals surface area (Å²) in [4.78, 5) is 27.6. The van der Waals surface area contributed by atoms with E-state index in [1.54, 1.807) is 12.1 Å². The first kappa shape index (κ1) is 20.7. The third kappa shape index (κ3) is 4.15. The molecule has 4 aromatic rings. The molecule has 1 unspecified atom stereocenters. The molecule has 8 nitrogen and oxygen atoms in total. The Bertz CT molecular complexity index is 1240. The van der Waals surface area contributed by atoms with Gasteiger partial charge in [-0.05, 0) is 23.3 Å². The molecule has 4 rings (SSSR count). The Balaban J connectivity index is 2.08. The average Bonchev–Trinajstić information content (AvgIpc) is 3.34. The van der Waals surface area contributed by atoms with Gasteiger partial charge < -0.3 is 5.11 Å². The Labute approximate surface area is 183 Å². The van der Waals surface area contributed by atoms with Gasteiger partial charge in [0, 0.05) is 6.07 Å². The van der Waals surface area contributed by atoms with Crippen LogP contribution in [0, 0.1) is 10.1 Å². The SMILES string of the molecule is O=C(O)c1cccc([N+](=O)[O-])c1C(/C(=C\c1ccccc1)n1cncn1)c1ccccc1. The maximum absolute atomic E-state index is 12.1. The highest BCUT2D eigenvalue weighted by molar-refractivity contribution is 5.93. The van der Waals surface area contributed by atoms with Crippen LogP contribution in [0.25, 0.3) is 11.8 Å². The minimum absolute atomic E-state index is 0.0777. The van der Waals surface area contributed by atoms with Crippen molar-refractivity contribution in [3.05, 3.63) is 124 Å². The molecule has 0 saturated heterocycles. The maximum Gasteiger partial charge on any atom is 0.336 e. The summed E-state index contributed by atoms with van der Waals surface area (Å²) >= 11 is 0. The van der Waals surface area contributed by atoms with Crippen molar-refractivity contribution in [3.63, 3.8) is 0 Å². The average molecular weight is 426 g/mol. The van der Waals surface area contributed by atoms with Crippen LogP contribution < -0.4 is 0 Å². The molecule has 0 aliphatic heterocycles. The number of allylic oxidation sites excluding steroid dienone is 1. The van der Waals surface area contributed by atoms with Crippen LogP contribution in [0.4, 0.5) is 5.69 Å². The summed E-state index contributed by atoms with van der Waals surface area (Å²) in [7, 11) is 0. The van der Waals surface area contributed by atoms with Crippen LogP contribution in [-0.2, 0) is 0 Å². The fraction of sp³-hybridized carbons (Fsp3) is 0.0417. The zero-order valence-electron chi connectivity index (χ0n) is 16.8. The van der Waals surface area contributed by atoms with Crippen LogP contribution in [-0.4, -0.2) is 30.8 Å². The number of hydrogen-bond donors (Lipinski definition) is 1. The van der Waals surface area contributed by atoms with Gasteiger partial charge in [-0.15, -0.1) is 0 Å². The van der Waals surface area contributed by atoms with Crippen LogP contribution in [0.5, 0.6) is 0 Å². The van der Waals surface area contributed by atoms with Crippen molar-refractivity contribution in [2.75, 3.05) is 0 Å². The van der Waals surface area contributed by atoms with Gasteiger partial charge in [-0.3, -0.25) is 10.1 Å². The van der Waals surface area contributed by atoms with Crippen molar-refractivity contribution in [1.82, 2.24) is 14.8 Å². The van der Waals surface area contributed by atoms with Gasteiger partial charge in [0.2, 0.25) is 0 Å². The van der Waals surface area contributed by atoms with Gasteiger partial charge in [-0.2, -0.15) is 5.10 Å². The Morgan fingerprint density at radius 2 is 1.69 bits per heavy atom. The van der Waals surface area contributed by atoms with Gasteiger partial charge in [-0.25, -0.2) is 14.5 Å². The van der Waals surface area contributed by atoms with E-state index in [1.807, 2.05) is 54.6 Å². The monoisotopic (exact) mass is 426 g/mol. The second kappa shape index (κ2) is 9.05. The third-order valence-electron chi connectivity index (χ3n) is 5.02. The summed E-state index contributed by atoms with van der Waals surface area (Å²) < 4.78 is 1.51. The van der Waals surface area contributed by atoms with Crippen molar-refractivity contribution >= 4 is 23.4 Å². The van der Waals surface area contributed by atoms with Gasteiger partial charge in [0.05, 0.1) is 27.7 Å². The van der Waals surface area contributed by atoms with Crippen molar-refractivity contribution in [1.29, 1.82) is 0 Å². The number of carboxylic acid groups (broad SMARTS) is 1. The number of nitro groups is 1. The molecule has 0 radical (unpaired) electrons. The molecule has 32 heavy (non-hydrogen) atoms. The Hall–Kier alpha value is -4.59. The zero-order chi connectivity index (χ0) is 22.5. The van der Waals surface area contributed by atoms with E-state index in [9.17, 15) is 20.0 Å². The molecular weight excluding hydrogens is 408 g/mol. The third-order valence-corrected chi connectivity index (χ3v) is 5.02. The molecule has 3 aromatic carbocycles. The molecule has 0 aliphatic rings. The number of nitrogens with zero attached hydrogens (tertiary/aromatic N) is 4. The number of carboxylic acids is 1. The second-order valence-electron chi connectivity index (χ2n) is 6.96. The summed E-state index contributed by atoms with van der Waals surface area (Å²) in [5.41, 5.74) is 1.69. The molecule has 0 spiro atoms. The minimum Gasteiger partial charge on any atom is -0.478 e. The lowest BCUT2D eigenvalue weighted by atomic mass is 9.83. The lowest BCUT2D eigenvalue weighted by molar-refractivity contribution is -0.385. The number of aromatic nitrogens is 3. The Morgan fingerprint density at radius 1 is 1.00 bits per heavy atom. The second-order valence-corrected chi connectivity index (χ2v) is 6.96. The fourth-order valence-electron chi connectivity index (χ4n) is 3.68. The largest absolute Gasteiger partial charge is 0.478 e. The van der Waals surface area contributed by atoms with E-state index in [0.717, 1.165) is 5.56 Å². The molecule has 1 N–H and O–H groups in total. The van der Waals surface area contributed by atoms with Crippen molar-refractivity contribution in [3.8, 4) is 0 Å². The highest BCUT2D eigenvalue weighted by Crippen LogP contribution is 2.41. The molecule has 0 saturated carbocycles. The highest BCUT2D eigenvalue weighted by atomic mass is 16.6. The van der Waals surface area contributed by atoms with Crippen LogP contribution in [0.15, 0.2) is 91.5 Å². The molecule has 158 valence electrons. The van der Waals surface area contributed by atoms with E-state index < -0.39 is 16.8 Å². The number of benzene rings is 3. The van der Waals surface area contributed by atoms with E-state index in [-0.39, 0.29) is 16.8 Å². The Morgan fingerprint density at radius 3 is 2.28 bits per heavy atom. The minimum atomic E-state index is -1.25. The first-order valence-corrected chi connectivity index (χ1v) is 9.73. The molecule has 0 bridgehead atoms. The fourth-order valence-corrected chi connectivity index (χ4v) is 3.68. The maximum atomic E-state index is 12.1. The van der Waals surface area contributed by atoms with E-state index in [2.05, 4.69) is 10.1 Å². The number of nitro benzene ring substituents is 1. The van der Waals surface area contributed by atoms with Crippen LogP contribution >= 0.6 is 0 Å². The zero-order valence-corrected chi connectivity index (χ0v) is 16.8. The number of aromatic carboxylic acids is 1. The molecule has 0 fully saturated rings. The Kier molecular flexibility index (Phi) is 5.85. The summed E-state index contributed by atoms with van der Waals surface area (Å²) in [5.74, 6) is -2.05. The quantitative estimate of drug-likeness (QED) is 0.338. The van der Waals surface area contributed by atoms with Crippen LogP contribution in [0.1, 0.15) is 33.0 Å². The summed E-state index contributed by atoms with van der Waals surface area (Å²) in [5, 5.41) is 26.1. The molecule has 1 heterocycles. The van der Waals surface area contributed by atoms with Gasteiger partial charge in [0.1, 0.15) is 12.7 Å². The van der Waals surface area contributed by atoms with Gasteiger partial charge in [-0.1, -0.05) is 66.7 Å². The molecule has 0 amide bonds. The summed E-state index contributed by atoms with van der Waals surface area (Å²) in [6, 6.07) is 22.5. The van der Waals surface area contributed by atoms with Gasteiger partial charge in [0.15, 0.2) is 0 Å². The lowest BCUT2D eigenvalue weighted by Crippen LogP contribution is -2.16. The predicted octanol–water partition coefficient (Wildman–Crippen LogP) is 4.71. The number of carbonyl (C=O) groups is 1. The van der Waals surface area contributed by atoms with Crippen molar-refractivity contribution in [2.24, 2.45) is 0 Å². The van der Waals surface area contributed by atoms with E-state index in [1.165, 1.54) is 35.5 Å². The first-order valence-electron chi connectivity index (χ1n) is 9.73. The standard InChI is InChI=1S/C24H18N4O4/c29-24(30)19-12-7-13-20(28(31)32)23(19)22(18-10-5-2-6-11-18)21(27-16-25-15-26-27)14-17-8-3-1-4-9-17/h1-16,22H,(H,29,30)/b21-14+. The van der Waals surface area contributed by atoms with Crippen LogP contribution in [0.2, 0.25) is 0 Å².